The van der Waals surface area contributed by atoms with Gasteiger partial charge in [0.15, 0.2) is 0 Å². The minimum Gasteiger partial charge on any atom is -0.346 e. The minimum absolute atomic E-state index is 0.0961. The highest BCUT2D eigenvalue weighted by Gasteiger charge is 2.27. The topological polar surface area (TPSA) is 64.0 Å². The number of nitrogens with one attached hydrogen (secondary N) is 1. The van der Waals surface area contributed by atoms with Crippen molar-refractivity contribution < 1.29 is 22.2 Å². The van der Waals surface area contributed by atoms with Crippen LogP contribution >= 0.6 is 0 Å². The molecule has 2 aromatic rings. The van der Waals surface area contributed by atoms with Gasteiger partial charge in [0.25, 0.3) is 0 Å². The molecule has 0 aliphatic heterocycles. The molecule has 1 heterocycles. The normalized spacial score (nSPS) is 12.8. The number of halogens is 3. The highest BCUT2D eigenvalue weighted by Crippen LogP contribution is 2.12. The summed E-state index contributed by atoms with van der Waals surface area (Å²) < 4.78 is 49.3. The molecule has 0 radical (unpaired) electrons. The molecule has 1 aromatic carbocycles. The molecular weight excluding hydrogens is 331 g/mol. The highest BCUT2D eigenvalue weighted by molar-refractivity contribution is 7.84. The lowest BCUT2D eigenvalue weighted by Crippen LogP contribution is -2.36. The van der Waals surface area contributed by atoms with Gasteiger partial charge in [-0.25, -0.2) is 4.68 Å². The second-order valence-corrected chi connectivity index (χ2v) is 6.19. The summed E-state index contributed by atoms with van der Waals surface area (Å²) in [6.45, 7) is -1.42. The number of alkyl halides is 3. The van der Waals surface area contributed by atoms with Crippen molar-refractivity contribution >= 4 is 16.7 Å². The Kier molecular flexibility index (Phi) is 5.54. The van der Waals surface area contributed by atoms with Gasteiger partial charge in [-0.15, -0.1) is 0 Å². The van der Waals surface area contributed by atoms with Gasteiger partial charge in [-0.3, -0.25) is 9.00 Å². The predicted octanol–water partition coefficient (Wildman–Crippen LogP) is 1.80. The standard InChI is InChI=1S/C14H14F3N3O2S/c15-14(16,17)10-18-13(21)9-23(22)8-11-2-4-12(5-3-11)20-7-1-6-19-20/h1-7H,8-10H2,(H,18,21)/t23-/m0/s1. The second-order valence-electron chi connectivity index (χ2n) is 4.74. The van der Waals surface area contributed by atoms with Gasteiger partial charge < -0.3 is 5.32 Å². The third-order valence-electron chi connectivity index (χ3n) is 2.81. The number of carbonyl (C=O) groups is 1. The van der Waals surface area contributed by atoms with Crippen molar-refractivity contribution in [1.29, 1.82) is 0 Å². The Morgan fingerprint density at radius 1 is 1.26 bits per heavy atom. The Morgan fingerprint density at radius 2 is 1.96 bits per heavy atom. The number of benzene rings is 1. The van der Waals surface area contributed by atoms with Crippen LogP contribution in [0.2, 0.25) is 0 Å². The van der Waals surface area contributed by atoms with Gasteiger partial charge in [-0.2, -0.15) is 18.3 Å². The molecular formula is C14H14F3N3O2S. The number of hydrogen-bond donors (Lipinski definition) is 1. The van der Waals surface area contributed by atoms with Crippen molar-refractivity contribution in [3.05, 3.63) is 48.3 Å². The summed E-state index contributed by atoms with van der Waals surface area (Å²) in [5, 5.41) is 5.77. The summed E-state index contributed by atoms with van der Waals surface area (Å²) in [4.78, 5) is 11.3. The van der Waals surface area contributed by atoms with E-state index in [0.717, 1.165) is 11.3 Å². The lowest BCUT2D eigenvalue weighted by molar-refractivity contribution is -0.136. The fourth-order valence-corrected chi connectivity index (χ4v) is 2.86. The molecule has 0 spiro atoms. The first-order chi connectivity index (χ1) is 10.8. The third kappa shape index (κ3) is 5.85. The van der Waals surface area contributed by atoms with Gasteiger partial charge in [0.2, 0.25) is 5.91 Å². The molecule has 124 valence electrons. The van der Waals surface area contributed by atoms with Crippen LogP contribution in [0.1, 0.15) is 5.56 Å². The van der Waals surface area contributed by atoms with Crippen LogP contribution in [0.4, 0.5) is 13.2 Å². The van der Waals surface area contributed by atoms with Crippen molar-refractivity contribution in [1.82, 2.24) is 15.1 Å². The summed E-state index contributed by atoms with van der Waals surface area (Å²) in [6.07, 6.45) is -1.06. The quantitative estimate of drug-likeness (QED) is 0.868. The number of amides is 1. The van der Waals surface area contributed by atoms with Crippen LogP contribution in [-0.4, -0.2) is 38.4 Å². The molecule has 0 unspecified atom stereocenters. The molecule has 23 heavy (non-hydrogen) atoms. The molecule has 0 saturated heterocycles. The van der Waals surface area contributed by atoms with Gasteiger partial charge in [0, 0.05) is 28.9 Å². The molecule has 5 nitrogen and oxygen atoms in total. The zero-order valence-electron chi connectivity index (χ0n) is 11.9. The Bertz CT molecular complexity index is 670. The minimum atomic E-state index is -4.47. The maximum Gasteiger partial charge on any atom is 0.405 e. The summed E-state index contributed by atoms with van der Waals surface area (Å²) in [5.74, 6) is -1.25. The monoisotopic (exact) mass is 345 g/mol. The number of hydrogen-bond acceptors (Lipinski definition) is 3. The maximum absolute atomic E-state index is 12.0. The van der Waals surface area contributed by atoms with E-state index < -0.39 is 35.2 Å². The molecule has 1 N–H and O–H groups in total. The molecule has 0 aliphatic carbocycles. The number of carbonyl (C=O) groups excluding carboxylic acids is 1. The van der Waals surface area contributed by atoms with E-state index >= 15 is 0 Å². The Balaban J connectivity index is 1.84. The van der Waals surface area contributed by atoms with Gasteiger partial charge in [0.1, 0.15) is 12.3 Å². The number of nitrogens with zero attached hydrogens (tertiary/aromatic N) is 2. The SMILES string of the molecule is O=C(C[S@@](=O)Cc1ccc(-n2cccn2)cc1)NCC(F)(F)F. The highest BCUT2D eigenvalue weighted by atomic mass is 32.2. The zero-order chi connectivity index (χ0) is 16.9. The van der Waals surface area contributed by atoms with Crippen LogP contribution in [0.3, 0.4) is 0 Å². The van der Waals surface area contributed by atoms with Gasteiger partial charge >= 0.3 is 6.18 Å². The smallest absolute Gasteiger partial charge is 0.346 e. The molecule has 1 aromatic heterocycles. The third-order valence-corrected chi connectivity index (χ3v) is 4.05. The van der Waals surface area contributed by atoms with Crippen molar-refractivity contribution in [3.8, 4) is 5.69 Å². The first-order valence-electron chi connectivity index (χ1n) is 6.61. The van der Waals surface area contributed by atoms with Crippen molar-refractivity contribution in [2.45, 2.75) is 11.9 Å². The lowest BCUT2D eigenvalue weighted by atomic mass is 10.2. The van der Waals surface area contributed by atoms with Crippen LogP contribution in [0.15, 0.2) is 42.7 Å². The van der Waals surface area contributed by atoms with Gasteiger partial charge in [-0.1, -0.05) is 12.1 Å². The van der Waals surface area contributed by atoms with Crippen molar-refractivity contribution in [2.75, 3.05) is 12.3 Å². The predicted molar refractivity (Wildman–Crippen MR) is 79.3 cm³/mol. The fourth-order valence-electron chi connectivity index (χ4n) is 1.80. The first kappa shape index (κ1) is 17.2. The van der Waals surface area contributed by atoms with Crippen molar-refractivity contribution in [2.24, 2.45) is 0 Å². The number of rotatable bonds is 6. The Hall–Kier alpha value is -2.16. The average Bonchev–Trinajstić information content (AvgIpc) is 2.99. The molecule has 0 fully saturated rings. The van der Waals surface area contributed by atoms with Crippen LogP contribution in [0, 0.1) is 0 Å². The van der Waals surface area contributed by atoms with E-state index in [1.165, 1.54) is 0 Å². The summed E-state index contributed by atoms with van der Waals surface area (Å²) in [5.41, 5.74) is 1.55. The number of aromatic nitrogens is 2. The van der Waals surface area contributed by atoms with Crippen LogP contribution in [0.25, 0.3) is 5.69 Å². The Labute approximate surface area is 133 Å². The van der Waals surface area contributed by atoms with Crippen molar-refractivity contribution in [3.63, 3.8) is 0 Å². The molecule has 9 heteroatoms. The van der Waals surface area contributed by atoms with E-state index in [9.17, 15) is 22.2 Å². The maximum atomic E-state index is 12.0. The van der Waals surface area contributed by atoms with Crippen LogP contribution < -0.4 is 5.32 Å². The summed E-state index contributed by atoms with van der Waals surface area (Å²) >= 11 is 0. The second kappa shape index (κ2) is 7.40. The fraction of sp³-hybridized carbons (Fsp3) is 0.286. The van der Waals surface area contributed by atoms with E-state index in [2.05, 4.69) is 5.10 Å². The van der Waals surface area contributed by atoms with Crippen LogP contribution in [-0.2, 0) is 21.3 Å². The largest absolute Gasteiger partial charge is 0.405 e. The molecule has 1 amide bonds. The summed E-state index contributed by atoms with van der Waals surface area (Å²) in [6, 6.07) is 8.82. The Morgan fingerprint density at radius 3 is 2.52 bits per heavy atom. The van der Waals surface area contributed by atoms with E-state index in [0.29, 0.717) is 0 Å². The molecule has 0 bridgehead atoms. The van der Waals surface area contributed by atoms with E-state index in [1.807, 2.05) is 0 Å². The molecule has 0 saturated carbocycles. The van der Waals surface area contributed by atoms with Crippen LogP contribution in [0.5, 0.6) is 0 Å². The van der Waals surface area contributed by atoms with Gasteiger partial charge in [0.05, 0.1) is 5.69 Å². The molecule has 1 atom stereocenters. The average molecular weight is 345 g/mol. The molecule has 0 aliphatic rings. The van der Waals surface area contributed by atoms with Gasteiger partial charge in [-0.05, 0) is 23.8 Å². The van der Waals surface area contributed by atoms with E-state index in [-0.39, 0.29) is 5.75 Å². The first-order valence-corrected chi connectivity index (χ1v) is 8.10. The van der Waals surface area contributed by atoms with E-state index in [1.54, 1.807) is 52.7 Å². The zero-order valence-corrected chi connectivity index (χ0v) is 12.7. The molecule has 2 rings (SSSR count). The lowest BCUT2D eigenvalue weighted by Gasteiger charge is -2.08. The summed E-state index contributed by atoms with van der Waals surface area (Å²) in [7, 11) is -1.57. The van der Waals surface area contributed by atoms with E-state index in [4.69, 9.17) is 0 Å².